The van der Waals surface area contributed by atoms with Gasteiger partial charge in [0, 0.05) is 60.3 Å². The highest BCUT2D eigenvalue weighted by atomic mass is 16.4. The van der Waals surface area contributed by atoms with Gasteiger partial charge < -0.3 is 30.7 Å². The minimum Gasteiger partial charge on any atom is -0.478 e. The van der Waals surface area contributed by atoms with Gasteiger partial charge in [-0.05, 0) is 44.0 Å². The number of amides is 2. The Balaban J connectivity index is 0.000000293. The number of H-pyrrole nitrogens is 1. The molecule has 1 aromatic heterocycles. The third-order valence-corrected chi connectivity index (χ3v) is 5.77. The minimum absolute atomic E-state index is 0.0549. The first-order valence-electron chi connectivity index (χ1n) is 10.3. The number of fused-ring (bicyclic) bond motifs is 2. The maximum Gasteiger partial charge on any atom is 0.328 e. The molecule has 5 N–H and O–H groups in total. The van der Waals surface area contributed by atoms with Gasteiger partial charge in [0.1, 0.15) is 0 Å². The summed E-state index contributed by atoms with van der Waals surface area (Å²) < 4.78 is 0. The van der Waals surface area contributed by atoms with E-state index in [2.05, 4.69) is 52.0 Å². The summed E-state index contributed by atoms with van der Waals surface area (Å²) in [6.07, 6.45) is 5.38. The summed E-state index contributed by atoms with van der Waals surface area (Å²) in [7, 11) is 2.18. The van der Waals surface area contributed by atoms with Crippen molar-refractivity contribution in [1.29, 1.82) is 0 Å². The number of carboxylic acid groups (broad SMARTS) is 2. The Bertz CT molecular complexity index is 983. The number of hydrogen-bond donors (Lipinski definition) is 5. The highest BCUT2D eigenvalue weighted by molar-refractivity contribution is 5.89. The molecule has 0 saturated carbocycles. The number of nitrogens with one attached hydrogen (secondary N) is 3. The zero-order valence-electron chi connectivity index (χ0n) is 17.6. The molecule has 2 aliphatic rings. The van der Waals surface area contributed by atoms with Crippen molar-refractivity contribution < 1.29 is 24.6 Å². The van der Waals surface area contributed by atoms with Crippen molar-refractivity contribution in [3.63, 3.8) is 0 Å². The Morgan fingerprint density at radius 1 is 1.23 bits per heavy atom. The fraction of sp³-hybridized carbons (Fsp3) is 0.409. The molecule has 4 rings (SSSR count). The van der Waals surface area contributed by atoms with Gasteiger partial charge in [-0.1, -0.05) is 12.1 Å². The number of likely N-dealkylation sites (tertiary alicyclic amines) is 1. The number of hydrogen-bond acceptors (Lipinski definition) is 4. The van der Waals surface area contributed by atoms with Gasteiger partial charge in [-0.15, -0.1) is 0 Å². The lowest BCUT2D eigenvalue weighted by Gasteiger charge is -2.45. The van der Waals surface area contributed by atoms with E-state index >= 15 is 0 Å². The van der Waals surface area contributed by atoms with Crippen LogP contribution in [0.25, 0.3) is 10.9 Å². The quantitative estimate of drug-likeness (QED) is 0.472. The van der Waals surface area contributed by atoms with E-state index in [9.17, 15) is 14.4 Å². The van der Waals surface area contributed by atoms with E-state index < -0.39 is 11.9 Å². The number of carbonyl (C=O) groups is 3. The van der Waals surface area contributed by atoms with E-state index in [4.69, 9.17) is 10.2 Å². The van der Waals surface area contributed by atoms with Gasteiger partial charge in [0.15, 0.2) is 0 Å². The van der Waals surface area contributed by atoms with Crippen LogP contribution in [-0.4, -0.2) is 70.3 Å². The monoisotopic (exact) mass is 428 g/mol. The van der Waals surface area contributed by atoms with Crippen molar-refractivity contribution >= 4 is 28.9 Å². The number of piperidine rings is 1. The van der Waals surface area contributed by atoms with Crippen molar-refractivity contribution in [3.8, 4) is 0 Å². The normalized spacial score (nSPS) is 22.3. The molecule has 1 aromatic carbocycles. The number of nitrogens with zero attached hydrogens (tertiary/aromatic N) is 1. The van der Waals surface area contributed by atoms with Crippen LogP contribution < -0.4 is 10.6 Å². The molecule has 2 amide bonds. The molecule has 1 fully saturated rings. The Morgan fingerprint density at radius 2 is 1.94 bits per heavy atom. The molecule has 0 radical (unpaired) electrons. The lowest BCUT2D eigenvalue weighted by Crippen LogP contribution is -2.56. The molecule has 1 aliphatic carbocycles. The van der Waals surface area contributed by atoms with Crippen LogP contribution in [0.3, 0.4) is 0 Å². The lowest BCUT2D eigenvalue weighted by molar-refractivity contribution is -0.134. The van der Waals surface area contributed by atoms with Gasteiger partial charge in [0.05, 0.1) is 0 Å². The maximum atomic E-state index is 11.9. The number of aliphatic carboxylic acids is 2. The fourth-order valence-electron chi connectivity index (χ4n) is 4.59. The van der Waals surface area contributed by atoms with Crippen molar-refractivity contribution in [2.75, 3.05) is 20.1 Å². The Kier molecular flexibility index (Phi) is 6.96. The van der Waals surface area contributed by atoms with Crippen LogP contribution in [0.4, 0.5) is 4.79 Å². The highest BCUT2D eigenvalue weighted by Gasteiger charge is 2.39. The number of rotatable bonds is 4. The van der Waals surface area contributed by atoms with Gasteiger partial charge in [-0.2, -0.15) is 0 Å². The van der Waals surface area contributed by atoms with Gasteiger partial charge in [-0.3, -0.25) is 0 Å². The number of benzene rings is 1. The lowest BCUT2D eigenvalue weighted by atomic mass is 9.74. The van der Waals surface area contributed by atoms with Crippen molar-refractivity contribution in [1.82, 2.24) is 20.5 Å². The summed E-state index contributed by atoms with van der Waals surface area (Å²) in [6.45, 7) is 3.51. The maximum absolute atomic E-state index is 11.9. The van der Waals surface area contributed by atoms with Gasteiger partial charge >= 0.3 is 18.0 Å². The smallest absolute Gasteiger partial charge is 0.328 e. The SMILES string of the molecule is CCNC(=O)N[C@H]1CC2c3cccc4[nH]cc(c34)C[C@H]2N(C)C1.O=C(O)/C=C\C(=O)O. The number of aromatic nitrogens is 1. The second kappa shape index (κ2) is 9.65. The standard InChI is InChI=1S/C18H24N4O.C4H4O4/c1-3-19-18(23)21-12-8-14-13-5-4-6-15-17(13)11(9-20-15)7-16(14)22(2)10-12;5-3(6)1-2-4(7)8/h4-6,9,12,14,16,20H,3,7-8,10H2,1-2H3,(H2,19,21,23);1-2H,(H,5,6)(H,7,8)/b;2-1-/t12-,14?,16+;/m0./s1. The van der Waals surface area contributed by atoms with Crippen molar-refractivity contribution in [2.24, 2.45) is 0 Å². The van der Waals surface area contributed by atoms with Crippen LogP contribution in [0, 0.1) is 0 Å². The van der Waals surface area contributed by atoms with Crippen molar-refractivity contribution in [3.05, 3.63) is 47.7 Å². The second-order valence-electron chi connectivity index (χ2n) is 7.85. The van der Waals surface area contributed by atoms with Crippen LogP contribution in [0.5, 0.6) is 0 Å². The molecule has 1 saturated heterocycles. The Hall–Kier alpha value is -3.33. The summed E-state index contributed by atoms with van der Waals surface area (Å²) in [4.78, 5) is 36.8. The molecule has 2 heterocycles. The number of carboxylic acids is 2. The molecule has 0 bridgehead atoms. The first kappa shape index (κ1) is 22.4. The van der Waals surface area contributed by atoms with E-state index in [1.54, 1.807) is 0 Å². The number of aromatic amines is 1. The van der Waals surface area contributed by atoms with Gasteiger partial charge in [0.2, 0.25) is 0 Å². The Labute approximate surface area is 180 Å². The molecule has 9 heteroatoms. The molecule has 0 spiro atoms. The molecule has 31 heavy (non-hydrogen) atoms. The third kappa shape index (κ3) is 5.24. The summed E-state index contributed by atoms with van der Waals surface area (Å²) in [5.74, 6) is -2.03. The summed E-state index contributed by atoms with van der Waals surface area (Å²) in [6, 6.07) is 7.22. The number of carbonyl (C=O) groups excluding carboxylic acids is 1. The topological polar surface area (TPSA) is 135 Å². The molecule has 166 valence electrons. The largest absolute Gasteiger partial charge is 0.478 e. The van der Waals surface area contributed by atoms with E-state index in [1.165, 1.54) is 22.0 Å². The van der Waals surface area contributed by atoms with Gasteiger partial charge in [-0.25, -0.2) is 14.4 Å². The zero-order valence-corrected chi connectivity index (χ0v) is 17.6. The predicted molar refractivity (Wildman–Crippen MR) is 116 cm³/mol. The molecular formula is C22H28N4O5. The van der Waals surface area contributed by atoms with Crippen LogP contribution in [0.2, 0.25) is 0 Å². The summed E-state index contributed by atoms with van der Waals surface area (Å²) in [5.41, 5.74) is 4.10. The minimum atomic E-state index is -1.26. The number of likely N-dealkylation sites (N-methyl/N-ethyl adjacent to an activating group) is 1. The fourth-order valence-corrected chi connectivity index (χ4v) is 4.59. The highest BCUT2D eigenvalue weighted by Crippen LogP contribution is 2.42. The summed E-state index contributed by atoms with van der Waals surface area (Å²) in [5, 5.41) is 23.0. The second-order valence-corrected chi connectivity index (χ2v) is 7.85. The zero-order chi connectivity index (χ0) is 22.5. The predicted octanol–water partition coefficient (Wildman–Crippen LogP) is 1.91. The average molecular weight is 428 g/mol. The van der Waals surface area contributed by atoms with E-state index in [0.29, 0.717) is 30.7 Å². The Morgan fingerprint density at radius 3 is 2.58 bits per heavy atom. The molecular weight excluding hydrogens is 400 g/mol. The van der Waals surface area contributed by atoms with Crippen LogP contribution in [-0.2, 0) is 16.0 Å². The first-order valence-corrected chi connectivity index (χ1v) is 10.3. The molecule has 2 aromatic rings. The molecule has 1 aliphatic heterocycles. The first-order chi connectivity index (χ1) is 14.8. The summed E-state index contributed by atoms with van der Waals surface area (Å²) >= 11 is 0. The molecule has 1 unspecified atom stereocenters. The average Bonchev–Trinajstić information content (AvgIpc) is 3.12. The number of urea groups is 1. The van der Waals surface area contributed by atoms with Gasteiger partial charge in [0.25, 0.3) is 0 Å². The van der Waals surface area contributed by atoms with E-state index in [0.717, 1.165) is 19.4 Å². The third-order valence-electron chi connectivity index (χ3n) is 5.77. The van der Waals surface area contributed by atoms with E-state index in [-0.39, 0.29) is 12.1 Å². The van der Waals surface area contributed by atoms with Crippen LogP contribution in [0.1, 0.15) is 30.4 Å². The molecule has 3 atom stereocenters. The van der Waals surface area contributed by atoms with Crippen LogP contribution in [0.15, 0.2) is 36.5 Å². The molecule has 9 nitrogen and oxygen atoms in total. The van der Waals surface area contributed by atoms with E-state index in [1.807, 2.05) is 6.92 Å². The van der Waals surface area contributed by atoms with Crippen LogP contribution >= 0.6 is 0 Å². The van der Waals surface area contributed by atoms with Crippen molar-refractivity contribution in [2.45, 2.75) is 37.8 Å².